The third-order valence-electron chi connectivity index (χ3n) is 5.22. The number of hydrogen-bond donors (Lipinski definition) is 1. The summed E-state index contributed by atoms with van der Waals surface area (Å²) < 4.78 is 0. The van der Waals surface area contributed by atoms with E-state index >= 15 is 0 Å². The minimum atomic E-state index is -0.148. The van der Waals surface area contributed by atoms with Crippen LogP contribution in [0.25, 0.3) is 0 Å². The lowest BCUT2D eigenvalue weighted by Gasteiger charge is -2.22. The minimum absolute atomic E-state index is 0.0214. The van der Waals surface area contributed by atoms with E-state index in [1.54, 1.807) is 0 Å². The Hall–Kier alpha value is -3.07. The molecular formula is C24H24N2O. The van der Waals surface area contributed by atoms with Crippen molar-refractivity contribution in [3.05, 3.63) is 100 Å². The number of nitrogen functional groups attached to an aromatic ring is 1. The number of oxime groups is 1. The molecule has 0 spiro atoms. The molecule has 3 aromatic carbocycles. The molecule has 0 radical (unpaired) electrons. The summed E-state index contributed by atoms with van der Waals surface area (Å²) in [6, 6.07) is 22.8. The van der Waals surface area contributed by atoms with Gasteiger partial charge in [0.25, 0.3) is 0 Å². The molecule has 0 saturated carbocycles. The molecule has 1 aliphatic heterocycles. The number of benzene rings is 3. The first kappa shape index (κ1) is 17.3. The van der Waals surface area contributed by atoms with Gasteiger partial charge in [0.2, 0.25) is 0 Å². The fourth-order valence-corrected chi connectivity index (χ4v) is 4.09. The summed E-state index contributed by atoms with van der Waals surface area (Å²) in [7, 11) is 0. The van der Waals surface area contributed by atoms with E-state index in [4.69, 9.17) is 10.6 Å². The van der Waals surface area contributed by atoms with E-state index in [1.807, 2.05) is 30.3 Å². The molecule has 3 aromatic rings. The zero-order chi connectivity index (χ0) is 19.0. The van der Waals surface area contributed by atoms with Gasteiger partial charge in [0.1, 0.15) is 0 Å². The fourth-order valence-electron chi connectivity index (χ4n) is 4.09. The maximum absolute atomic E-state index is 6.00. The van der Waals surface area contributed by atoms with Crippen molar-refractivity contribution < 1.29 is 4.84 Å². The number of rotatable bonds is 3. The molecule has 2 atom stereocenters. The third kappa shape index (κ3) is 3.21. The molecule has 0 aliphatic carbocycles. The summed E-state index contributed by atoms with van der Waals surface area (Å²) >= 11 is 0. The maximum atomic E-state index is 6.00. The van der Waals surface area contributed by atoms with Crippen LogP contribution < -0.4 is 5.73 Å². The Bertz CT molecular complexity index is 968. The van der Waals surface area contributed by atoms with E-state index in [2.05, 4.69) is 62.3 Å². The first-order chi connectivity index (χ1) is 13.0. The van der Waals surface area contributed by atoms with Gasteiger partial charge in [0, 0.05) is 11.3 Å². The second kappa shape index (κ2) is 6.92. The monoisotopic (exact) mass is 356 g/mol. The predicted octanol–water partition coefficient (Wildman–Crippen LogP) is 5.45. The molecule has 3 heteroatoms. The van der Waals surface area contributed by atoms with Crippen molar-refractivity contribution >= 4 is 11.4 Å². The van der Waals surface area contributed by atoms with Gasteiger partial charge in [0.05, 0.1) is 11.6 Å². The van der Waals surface area contributed by atoms with Crippen LogP contribution in [0, 0.1) is 20.8 Å². The Balaban J connectivity index is 1.85. The molecule has 0 unspecified atom stereocenters. The number of anilines is 1. The highest BCUT2D eigenvalue weighted by atomic mass is 16.6. The average molecular weight is 356 g/mol. The molecule has 0 saturated heterocycles. The van der Waals surface area contributed by atoms with Crippen LogP contribution in [0.3, 0.4) is 0 Å². The zero-order valence-electron chi connectivity index (χ0n) is 15.9. The SMILES string of the molecule is Cc1cc(C)c(C2=NO[C@@H](c3ccccc3)[C@@H]2c2ccc(N)cc2)c(C)c1. The van der Waals surface area contributed by atoms with Crippen LogP contribution in [0.4, 0.5) is 5.69 Å². The Morgan fingerprint density at radius 3 is 2.07 bits per heavy atom. The lowest BCUT2D eigenvalue weighted by Crippen LogP contribution is -2.18. The van der Waals surface area contributed by atoms with Gasteiger partial charge in [-0.25, -0.2) is 0 Å². The van der Waals surface area contributed by atoms with Gasteiger partial charge in [-0.3, -0.25) is 0 Å². The van der Waals surface area contributed by atoms with Crippen molar-refractivity contribution in [3.8, 4) is 0 Å². The molecule has 4 rings (SSSR count). The van der Waals surface area contributed by atoms with Crippen LogP contribution in [0.1, 0.15) is 45.4 Å². The number of hydrogen-bond acceptors (Lipinski definition) is 3. The van der Waals surface area contributed by atoms with E-state index in [1.165, 1.54) is 22.3 Å². The fraction of sp³-hybridized carbons (Fsp3) is 0.208. The highest BCUT2D eigenvalue weighted by Crippen LogP contribution is 2.43. The second-order valence-electron chi connectivity index (χ2n) is 7.33. The molecular weight excluding hydrogens is 332 g/mol. The van der Waals surface area contributed by atoms with Crippen molar-refractivity contribution in [2.24, 2.45) is 5.16 Å². The lowest BCUT2D eigenvalue weighted by atomic mass is 9.81. The van der Waals surface area contributed by atoms with Gasteiger partial charge in [-0.05, 0) is 55.2 Å². The van der Waals surface area contributed by atoms with Crippen molar-refractivity contribution in [1.29, 1.82) is 0 Å². The molecule has 0 amide bonds. The Kier molecular flexibility index (Phi) is 4.44. The number of nitrogens with zero attached hydrogens (tertiary/aromatic N) is 1. The Morgan fingerprint density at radius 2 is 1.44 bits per heavy atom. The smallest absolute Gasteiger partial charge is 0.165 e. The molecule has 0 fully saturated rings. The van der Waals surface area contributed by atoms with Gasteiger partial charge in [-0.1, -0.05) is 65.3 Å². The topological polar surface area (TPSA) is 47.6 Å². The summed E-state index contributed by atoms with van der Waals surface area (Å²) in [5.41, 5.74) is 14.8. The Morgan fingerprint density at radius 1 is 0.815 bits per heavy atom. The minimum Gasteiger partial charge on any atom is -0.399 e. The second-order valence-corrected chi connectivity index (χ2v) is 7.33. The summed E-state index contributed by atoms with van der Waals surface area (Å²) in [4.78, 5) is 6.00. The summed E-state index contributed by atoms with van der Waals surface area (Å²) in [5, 5.41) is 4.58. The van der Waals surface area contributed by atoms with Gasteiger partial charge in [0.15, 0.2) is 6.10 Å². The molecule has 0 aromatic heterocycles. The first-order valence-electron chi connectivity index (χ1n) is 9.27. The maximum Gasteiger partial charge on any atom is 0.165 e. The summed E-state index contributed by atoms with van der Waals surface area (Å²) in [6.07, 6.45) is -0.148. The van der Waals surface area contributed by atoms with Gasteiger partial charge in [-0.15, -0.1) is 0 Å². The van der Waals surface area contributed by atoms with Crippen LogP contribution in [-0.2, 0) is 4.84 Å². The highest BCUT2D eigenvalue weighted by Gasteiger charge is 2.38. The molecule has 3 nitrogen and oxygen atoms in total. The van der Waals surface area contributed by atoms with E-state index in [-0.39, 0.29) is 12.0 Å². The van der Waals surface area contributed by atoms with E-state index < -0.39 is 0 Å². The molecule has 1 heterocycles. The molecule has 0 bridgehead atoms. The molecule has 1 aliphatic rings. The molecule has 136 valence electrons. The molecule has 27 heavy (non-hydrogen) atoms. The number of aryl methyl sites for hydroxylation is 3. The van der Waals surface area contributed by atoms with E-state index in [0.717, 1.165) is 22.5 Å². The quantitative estimate of drug-likeness (QED) is 0.634. The largest absolute Gasteiger partial charge is 0.399 e. The van der Waals surface area contributed by atoms with Crippen LogP contribution in [-0.4, -0.2) is 5.71 Å². The van der Waals surface area contributed by atoms with Crippen LogP contribution in [0.5, 0.6) is 0 Å². The van der Waals surface area contributed by atoms with Crippen molar-refractivity contribution in [1.82, 2.24) is 0 Å². The van der Waals surface area contributed by atoms with Gasteiger partial charge < -0.3 is 10.6 Å². The normalized spacial score (nSPS) is 18.9. The van der Waals surface area contributed by atoms with Crippen LogP contribution >= 0.6 is 0 Å². The molecule has 2 N–H and O–H groups in total. The van der Waals surface area contributed by atoms with Crippen molar-refractivity contribution in [2.45, 2.75) is 32.8 Å². The van der Waals surface area contributed by atoms with Crippen LogP contribution in [0.15, 0.2) is 71.9 Å². The average Bonchev–Trinajstić information content (AvgIpc) is 3.07. The van der Waals surface area contributed by atoms with Gasteiger partial charge >= 0.3 is 0 Å². The zero-order valence-corrected chi connectivity index (χ0v) is 15.9. The lowest BCUT2D eigenvalue weighted by molar-refractivity contribution is 0.0763. The van der Waals surface area contributed by atoms with Crippen molar-refractivity contribution in [2.75, 3.05) is 5.73 Å². The Labute approximate surface area is 160 Å². The third-order valence-corrected chi connectivity index (χ3v) is 5.22. The predicted molar refractivity (Wildman–Crippen MR) is 111 cm³/mol. The van der Waals surface area contributed by atoms with Crippen LogP contribution in [0.2, 0.25) is 0 Å². The summed E-state index contributed by atoms with van der Waals surface area (Å²) in [6.45, 7) is 6.42. The van der Waals surface area contributed by atoms with Gasteiger partial charge in [-0.2, -0.15) is 0 Å². The van der Waals surface area contributed by atoms with E-state index in [9.17, 15) is 0 Å². The summed E-state index contributed by atoms with van der Waals surface area (Å²) in [5.74, 6) is 0.0214. The first-order valence-corrected chi connectivity index (χ1v) is 9.27. The highest BCUT2D eigenvalue weighted by molar-refractivity contribution is 6.08. The van der Waals surface area contributed by atoms with Crippen molar-refractivity contribution in [3.63, 3.8) is 0 Å². The standard InChI is InChI=1S/C24H24N2O/c1-15-13-16(2)21(17(3)14-15)23-22(18-9-11-20(25)12-10-18)24(27-26-23)19-7-5-4-6-8-19/h4-14,22,24H,25H2,1-3H3/t22-,24+/m1/s1. The van der Waals surface area contributed by atoms with E-state index in [0.29, 0.717) is 0 Å². The number of nitrogens with two attached hydrogens (primary N) is 1.